The fourth-order valence-corrected chi connectivity index (χ4v) is 2.29. The molecule has 0 saturated carbocycles. The summed E-state index contributed by atoms with van der Waals surface area (Å²) in [4.78, 5) is 19.9. The predicted octanol–water partition coefficient (Wildman–Crippen LogP) is 2.81. The molecule has 0 atom stereocenters. The lowest BCUT2D eigenvalue weighted by Gasteiger charge is -2.07. The number of nitrogens with zero attached hydrogens (tertiary/aromatic N) is 2. The van der Waals surface area contributed by atoms with Crippen LogP contribution in [-0.2, 0) is 6.54 Å². The maximum Gasteiger partial charge on any atom is 0.337 e. The Morgan fingerprint density at radius 1 is 1.56 bits per heavy atom. The smallest absolute Gasteiger partial charge is 0.337 e. The first-order chi connectivity index (χ1) is 8.58. The standard InChI is InChI=1S/C11H10ClN3O2S/c1-6-9(18-5-15-6)4-14-10-8(12)2-7(3-13-10)11(16)17/h2-3,5H,4H2,1H3,(H,13,14)(H,16,17). The van der Waals surface area contributed by atoms with Crippen LogP contribution in [0.15, 0.2) is 17.8 Å². The van der Waals surface area contributed by atoms with Crippen LogP contribution in [-0.4, -0.2) is 21.0 Å². The Morgan fingerprint density at radius 2 is 2.33 bits per heavy atom. The van der Waals surface area contributed by atoms with Gasteiger partial charge in [-0.3, -0.25) is 0 Å². The monoisotopic (exact) mass is 283 g/mol. The number of halogens is 1. The van der Waals surface area contributed by atoms with E-state index in [1.807, 2.05) is 6.92 Å². The zero-order chi connectivity index (χ0) is 13.1. The van der Waals surface area contributed by atoms with Gasteiger partial charge in [0.05, 0.1) is 28.3 Å². The third-order valence-corrected chi connectivity index (χ3v) is 3.57. The van der Waals surface area contributed by atoms with Gasteiger partial charge in [-0.1, -0.05) is 11.6 Å². The summed E-state index contributed by atoms with van der Waals surface area (Å²) in [5.74, 6) is -0.580. The molecular weight excluding hydrogens is 274 g/mol. The number of thiazole rings is 1. The van der Waals surface area contributed by atoms with E-state index in [9.17, 15) is 4.79 Å². The molecule has 0 fully saturated rings. The number of hydrogen-bond acceptors (Lipinski definition) is 5. The van der Waals surface area contributed by atoms with Gasteiger partial charge in [-0.2, -0.15) is 0 Å². The molecule has 0 amide bonds. The van der Waals surface area contributed by atoms with E-state index in [4.69, 9.17) is 16.7 Å². The summed E-state index contributed by atoms with van der Waals surface area (Å²) in [6, 6.07) is 1.37. The number of anilines is 1. The molecule has 2 heterocycles. The van der Waals surface area contributed by atoms with Crippen molar-refractivity contribution in [3.05, 3.63) is 38.9 Å². The van der Waals surface area contributed by atoms with Crippen molar-refractivity contribution in [3.63, 3.8) is 0 Å². The Hall–Kier alpha value is -1.66. The van der Waals surface area contributed by atoms with E-state index in [1.54, 1.807) is 16.8 Å². The van der Waals surface area contributed by atoms with Gasteiger partial charge in [0, 0.05) is 11.1 Å². The van der Waals surface area contributed by atoms with Gasteiger partial charge in [-0.25, -0.2) is 14.8 Å². The summed E-state index contributed by atoms with van der Waals surface area (Å²) in [6.45, 7) is 2.49. The van der Waals surface area contributed by atoms with Crippen molar-refractivity contribution in [2.24, 2.45) is 0 Å². The highest BCUT2D eigenvalue weighted by atomic mass is 35.5. The van der Waals surface area contributed by atoms with Crippen LogP contribution >= 0.6 is 22.9 Å². The second-order valence-corrected chi connectivity index (χ2v) is 4.92. The van der Waals surface area contributed by atoms with Crippen molar-refractivity contribution < 1.29 is 9.90 Å². The number of carboxylic acid groups (broad SMARTS) is 1. The molecule has 0 aliphatic carbocycles. The largest absolute Gasteiger partial charge is 0.478 e. The van der Waals surface area contributed by atoms with Crippen molar-refractivity contribution in [3.8, 4) is 0 Å². The van der Waals surface area contributed by atoms with Crippen LogP contribution in [0.25, 0.3) is 0 Å². The van der Waals surface area contributed by atoms with Gasteiger partial charge in [0.1, 0.15) is 5.82 Å². The third kappa shape index (κ3) is 2.77. The number of aryl methyl sites for hydroxylation is 1. The normalized spacial score (nSPS) is 10.3. The number of nitrogens with one attached hydrogen (secondary N) is 1. The highest BCUT2D eigenvalue weighted by Gasteiger charge is 2.09. The van der Waals surface area contributed by atoms with Gasteiger partial charge in [-0.05, 0) is 13.0 Å². The Morgan fingerprint density at radius 3 is 2.89 bits per heavy atom. The minimum atomic E-state index is -1.05. The molecule has 0 bridgehead atoms. The van der Waals surface area contributed by atoms with Crippen LogP contribution in [0.5, 0.6) is 0 Å². The van der Waals surface area contributed by atoms with Crippen LogP contribution < -0.4 is 5.32 Å². The molecule has 2 aromatic rings. The summed E-state index contributed by atoms with van der Waals surface area (Å²) in [5.41, 5.74) is 2.81. The Labute approximate surface area is 112 Å². The zero-order valence-electron chi connectivity index (χ0n) is 9.48. The molecule has 18 heavy (non-hydrogen) atoms. The van der Waals surface area contributed by atoms with Gasteiger partial charge in [0.25, 0.3) is 0 Å². The van der Waals surface area contributed by atoms with Crippen LogP contribution in [0, 0.1) is 6.92 Å². The molecule has 5 nitrogen and oxygen atoms in total. The van der Waals surface area contributed by atoms with Crippen molar-refractivity contribution in [2.75, 3.05) is 5.32 Å². The molecule has 0 radical (unpaired) electrons. The summed E-state index contributed by atoms with van der Waals surface area (Å²) in [5, 5.41) is 12.1. The van der Waals surface area contributed by atoms with Crippen molar-refractivity contribution in [1.29, 1.82) is 0 Å². The topological polar surface area (TPSA) is 75.1 Å². The lowest BCUT2D eigenvalue weighted by atomic mass is 10.3. The van der Waals surface area contributed by atoms with Gasteiger partial charge >= 0.3 is 5.97 Å². The van der Waals surface area contributed by atoms with Crippen molar-refractivity contribution in [1.82, 2.24) is 9.97 Å². The van der Waals surface area contributed by atoms with Crippen LogP contribution in [0.4, 0.5) is 5.82 Å². The van der Waals surface area contributed by atoms with Gasteiger partial charge in [-0.15, -0.1) is 11.3 Å². The van der Waals surface area contributed by atoms with Crippen LogP contribution in [0.1, 0.15) is 20.9 Å². The Balaban J connectivity index is 2.11. The zero-order valence-corrected chi connectivity index (χ0v) is 11.0. The van der Waals surface area contributed by atoms with E-state index in [0.717, 1.165) is 10.6 Å². The molecule has 0 unspecified atom stereocenters. The second-order valence-electron chi connectivity index (χ2n) is 3.57. The summed E-state index contributed by atoms with van der Waals surface area (Å²) >= 11 is 7.50. The molecule has 0 aliphatic heterocycles. The lowest BCUT2D eigenvalue weighted by Crippen LogP contribution is -2.04. The number of pyridine rings is 1. The first kappa shape index (κ1) is 12.8. The molecule has 94 valence electrons. The number of rotatable bonds is 4. The minimum Gasteiger partial charge on any atom is -0.478 e. The molecule has 7 heteroatoms. The Bertz CT molecular complexity index is 585. The number of carboxylic acids is 1. The van der Waals surface area contributed by atoms with Crippen LogP contribution in [0.2, 0.25) is 5.02 Å². The van der Waals surface area contributed by atoms with E-state index in [-0.39, 0.29) is 10.6 Å². The number of carbonyl (C=O) groups is 1. The van der Waals surface area contributed by atoms with E-state index in [2.05, 4.69) is 15.3 Å². The van der Waals surface area contributed by atoms with Crippen LogP contribution in [0.3, 0.4) is 0 Å². The molecule has 0 saturated heterocycles. The number of aromatic nitrogens is 2. The summed E-state index contributed by atoms with van der Waals surface area (Å²) in [7, 11) is 0. The second kappa shape index (κ2) is 5.32. The lowest BCUT2D eigenvalue weighted by molar-refractivity contribution is 0.0696. The molecule has 0 aromatic carbocycles. The SMILES string of the molecule is Cc1ncsc1CNc1ncc(C(=O)O)cc1Cl. The highest BCUT2D eigenvalue weighted by molar-refractivity contribution is 7.09. The van der Waals surface area contributed by atoms with Crippen molar-refractivity contribution in [2.45, 2.75) is 13.5 Å². The maximum absolute atomic E-state index is 10.7. The van der Waals surface area contributed by atoms with Crippen molar-refractivity contribution >= 4 is 34.7 Å². The molecule has 0 spiro atoms. The third-order valence-electron chi connectivity index (χ3n) is 2.35. The molecule has 2 aromatic heterocycles. The maximum atomic E-state index is 10.7. The average Bonchev–Trinajstić information content (AvgIpc) is 2.73. The summed E-state index contributed by atoms with van der Waals surface area (Å²) < 4.78 is 0. The van der Waals surface area contributed by atoms with Gasteiger partial charge in [0.2, 0.25) is 0 Å². The van der Waals surface area contributed by atoms with E-state index >= 15 is 0 Å². The van der Waals surface area contributed by atoms with E-state index in [1.165, 1.54) is 12.3 Å². The van der Waals surface area contributed by atoms with Gasteiger partial charge in [0.15, 0.2) is 0 Å². The molecule has 0 aliphatic rings. The van der Waals surface area contributed by atoms with E-state index in [0.29, 0.717) is 12.4 Å². The first-order valence-electron chi connectivity index (χ1n) is 5.09. The average molecular weight is 284 g/mol. The first-order valence-corrected chi connectivity index (χ1v) is 6.35. The molecule has 2 N–H and O–H groups in total. The fourth-order valence-electron chi connectivity index (χ4n) is 1.34. The summed E-state index contributed by atoms with van der Waals surface area (Å²) in [6.07, 6.45) is 1.27. The Kier molecular flexibility index (Phi) is 3.78. The fraction of sp³-hybridized carbons (Fsp3) is 0.182. The number of aromatic carboxylic acids is 1. The quantitative estimate of drug-likeness (QED) is 0.902. The predicted molar refractivity (Wildman–Crippen MR) is 70.4 cm³/mol. The highest BCUT2D eigenvalue weighted by Crippen LogP contribution is 2.22. The molecule has 2 rings (SSSR count). The van der Waals surface area contributed by atoms with Gasteiger partial charge < -0.3 is 10.4 Å². The van der Waals surface area contributed by atoms with E-state index < -0.39 is 5.97 Å². The minimum absolute atomic E-state index is 0.0690. The number of hydrogen-bond donors (Lipinski definition) is 2. The molecular formula is C11H10ClN3O2S.